The topological polar surface area (TPSA) is 63.3 Å². The predicted molar refractivity (Wildman–Crippen MR) is 88.8 cm³/mol. The fourth-order valence-corrected chi connectivity index (χ4v) is 2.38. The molecule has 2 rings (SSSR count). The first kappa shape index (κ1) is 15.3. The zero-order valence-corrected chi connectivity index (χ0v) is 12.9. The molecular weight excluding hydrogens is 284 g/mol. The van der Waals surface area contributed by atoms with E-state index < -0.39 is 0 Å². The number of halogens is 1. The minimum absolute atomic E-state index is 0.200. The van der Waals surface area contributed by atoms with E-state index in [1.165, 1.54) is 0 Å². The quantitative estimate of drug-likeness (QED) is 0.672. The van der Waals surface area contributed by atoms with Crippen LogP contribution in [0.25, 0.3) is 0 Å². The standard InChI is InChI=1S/C16H19ClN4/c1-16(2,12-7-3-4-8-13(12)17)11-20-15(18)21-14-9-5-6-10-19-14/h3-10H,11H2,1-2H3,(H3,18,19,20,21). The summed E-state index contributed by atoms with van der Waals surface area (Å²) in [6.45, 7) is 4.71. The van der Waals surface area contributed by atoms with Crippen LogP contribution >= 0.6 is 11.6 Å². The fourth-order valence-electron chi connectivity index (χ4n) is 1.99. The van der Waals surface area contributed by atoms with Crippen LogP contribution in [0.5, 0.6) is 0 Å². The Labute approximate surface area is 130 Å². The maximum absolute atomic E-state index is 6.25. The summed E-state index contributed by atoms with van der Waals surface area (Å²) >= 11 is 6.25. The number of aliphatic imine (C=N–C) groups is 1. The number of nitrogens with one attached hydrogen (secondary N) is 1. The highest BCUT2D eigenvalue weighted by Crippen LogP contribution is 2.29. The monoisotopic (exact) mass is 302 g/mol. The van der Waals surface area contributed by atoms with Gasteiger partial charge in [0.15, 0.2) is 5.96 Å². The Kier molecular flexibility index (Phi) is 4.81. The average Bonchev–Trinajstić information content (AvgIpc) is 2.47. The lowest BCUT2D eigenvalue weighted by molar-refractivity contribution is 0.540. The molecule has 1 aromatic heterocycles. The molecule has 0 fully saturated rings. The molecule has 3 N–H and O–H groups in total. The van der Waals surface area contributed by atoms with Gasteiger partial charge in [0.2, 0.25) is 0 Å². The molecule has 0 bridgehead atoms. The zero-order chi connectivity index (χ0) is 15.3. The molecule has 0 aliphatic carbocycles. The Morgan fingerprint density at radius 3 is 2.62 bits per heavy atom. The first-order valence-corrected chi connectivity index (χ1v) is 7.10. The zero-order valence-electron chi connectivity index (χ0n) is 12.2. The normalized spacial score (nSPS) is 12.2. The van der Waals surface area contributed by atoms with Gasteiger partial charge in [-0.1, -0.05) is 49.7 Å². The molecular formula is C16H19ClN4. The van der Waals surface area contributed by atoms with Gasteiger partial charge >= 0.3 is 0 Å². The summed E-state index contributed by atoms with van der Waals surface area (Å²) in [6.07, 6.45) is 1.70. The van der Waals surface area contributed by atoms with Gasteiger partial charge in [0, 0.05) is 16.6 Å². The van der Waals surface area contributed by atoms with Gasteiger partial charge in [-0.2, -0.15) is 0 Å². The van der Waals surface area contributed by atoms with Gasteiger partial charge in [0.25, 0.3) is 0 Å². The van der Waals surface area contributed by atoms with Crippen molar-refractivity contribution in [1.29, 1.82) is 0 Å². The van der Waals surface area contributed by atoms with E-state index >= 15 is 0 Å². The highest BCUT2D eigenvalue weighted by atomic mass is 35.5. The highest BCUT2D eigenvalue weighted by Gasteiger charge is 2.22. The van der Waals surface area contributed by atoms with Crippen LogP contribution in [-0.2, 0) is 5.41 Å². The minimum atomic E-state index is -0.200. The summed E-state index contributed by atoms with van der Waals surface area (Å²) in [5.41, 5.74) is 6.75. The number of nitrogens with two attached hydrogens (primary N) is 1. The van der Waals surface area contributed by atoms with Gasteiger partial charge < -0.3 is 11.1 Å². The number of benzene rings is 1. The lowest BCUT2D eigenvalue weighted by Crippen LogP contribution is -2.28. The number of guanidine groups is 1. The third kappa shape index (κ3) is 4.20. The Morgan fingerprint density at radius 1 is 1.24 bits per heavy atom. The van der Waals surface area contributed by atoms with Gasteiger partial charge in [-0.3, -0.25) is 4.99 Å². The van der Waals surface area contributed by atoms with Crippen LogP contribution in [0, 0.1) is 0 Å². The van der Waals surface area contributed by atoms with Gasteiger partial charge in [0.05, 0.1) is 6.54 Å². The molecule has 0 amide bonds. The van der Waals surface area contributed by atoms with Crippen molar-refractivity contribution >= 4 is 23.4 Å². The number of nitrogens with zero attached hydrogens (tertiary/aromatic N) is 2. The van der Waals surface area contributed by atoms with Crippen molar-refractivity contribution in [3.63, 3.8) is 0 Å². The number of hydrogen-bond donors (Lipinski definition) is 2. The van der Waals surface area contributed by atoms with Crippen molar-refractivity contribution in [2.45, 2.75) is 19.3 Å². The molecule has 4 nitrogen and oxygen atoms in total. The molecule has 1 aromatic carbocycles. The summed E-state index contributed by atoms with van der Waals surface area (Å²) in [7, 11) is 0. The second-order valence-corrected chi connectivity index (χ2v) is 5.81. The molecule has 1 heterocycles. The third-order valence-corrected chi connectivity index (χ3v) is 3.50. The van der Waals surface area contributed by atoms with Crippen LogP contribution < -0.4 is 11.1 Å². The number of aromatic nitrogens is 1. The molecule has 0 unspecified atom stereocenters. The maximum atomic E-state index is 6.25. The summed E-state index contributed by atoms with van der Waals surface area (Å²) < 4.78 is 0. The van der Waals surface area contributed by atoms with Gasteiger partial charge in [-0.15, -0.1) is 0 Å². The summed E-state index contributed by atoms with van der Waals surface area (Å²) in [4.78, 5) is 8.54. The molecule has 110 valence electrons. The Balaban J connectivity index is 2.07. The smallest absolute Gasteiger partial charge is 0.194 e. The summed E-state index contributed by atoms with van der Waals surface area (Å²) in [5.74, 6) is 1.02. The number of hydrogen-bond acceptors (Lipinski definition) is 2. The number of pyridine rings is 1. The molecule has 5 heteroatoms. The Bertz CT molecular complexity index is 623. The van der Waals surface area contributed by atoms with E-state index in [1.54, 1.807) is 6.20 Å². The van der Waals surface area contributed by atoms with Crippen molar-refractivity contribution in [2.75, 3.05) is 11.9 Å². The van der Waals surface area contributed by atoms with Crippen LogP contribution in [0.15, 0.2) is 53.7 Å². The molecule has 0 aliphatic rings. The lowest BCUT2D eigenvalue weighted by Gasteiger charge is -2.24. The van der Waals surface area contributed by atoms with E-state index in [0.29, 0.717) is 18.3 Å². The third-order valence-electron chi connectivity index (χ3n) is 3.17. The second kappa shape index (κ2) is 6.59. The van der Waals surface area contributed by atoms with Gasteiger partial charge in [-0.05, 0) is 23.8 Å². The van der Waals surface area contributed by atoms with Crippen LogP contribution in [0.2, 0.25) is 5.02 Å². The molecule has 0 atom stereocenters. The molecule has 21 heavy (non-hydrogen) atoms. The molecule has 0 aliphatic heterocycles. The van der Waals surface area contributed by atoms with Crippen molar-refractivity contribution in [1.82, 2.24) is 4.98 Å². The summed E-state index contributed by atoms with van der Waals surface area (Å²) in [5, 5.41) is 3.71. The van der Waals surface area contributed by atoms with Gasteiger partial charge in [-0.25, -0.2) is 4.98 Å². The Morgan fingerprint density at radius 2 is 1.95 bits per heavy atom. The van der Waals surface area contributed by atoms with Crippen molar-refractivity contribution in [3.8, 4) is 0 Å². The van der Waals surface area contributed by atoms with Crippen molar-refractivity contribution < 1.29 is 0 Å². The van der Waals surface area contributed by atoms with E-state index in [9.17, 15) is 0 Å². The summed E-state index contributed by atoms with van der Waals surface area (Å²) in [6, 6.07) is 13.4. The van der Waals surface area contributed by atoms with E-state index in [0.717, 1.165) is 10.6 Å². The predicted octanol–water partition coefficient (Wildman–Crippen LogP) is 3.44. The van der Waals surface area contributed by atoms with E-state index in [1.807, 2.05) is 42.5 Å². The largest absolute Gasteiger partial charge is 0.370 e. The Hall–Kier alpha value is -2.07. The highest BCUT2D eigenvalue weighted by molar-refractivity contribution is 6.31. The first-order chi connectivity index (χ1) is 9.99. The molecule has 0 radical (unpaired) electrons. The SMILES string of the molecule is CC(C)(CN=C(N)Nc1ccccn1)c1ccccc1Cl. The number of anilines is 1. The lowest BCUT2D eigenvalue weighted by atomic mass is 9.85. The molecule has 2 aromatic rings. The molecule has 0 spiro atoms. The van der Waals surface area contributed by atoms with E-state index in [-0.39, 0.29) is 5.41 Å². The fraction of sp³-hybridized carbons (Fsp3) is 0.250. The van der Waals surface area contributed by atoms with Crippen molar-refractivity contribution in [2.24, 2.45) is 10.7 Å². The van der Waals surface area contributed by atoms with Gasteiger partial charge in [0.1, 0.15) is 5.82 Å². The van der Waals surface area contributed by atoms with Crippen LogP contribution in [-0.4, -0.2) is 17.5 Å². The maximum Gasteiger partial charge on any atom is 0.194 e. The second-order valence-electron chi connectivity index (χ2n) is 5.41. The first-order valence-electron chi connectivity index (χ1n) is 6.72. The van der Waals surface area contributed by atoms with Crippen LogP contribution in [0.4, 0.5) is 5.82 Å². The van der Waals surface area contributed by atoms with E-state index in [4.69, 9.17) is 17.3 Å². The van der Waals surface area contributed by atoms with E-state index in [2.05, 4.69) is 29.1 Å². The average molecular weight is 303 g/mol. The molecule has 0 saturated carbocycles. The van der Waals surface area contributed by atoms with Crippen LogP contribution in [0.3, 0.4) is 0 Å². The number of rotatable bonds is 4. The van der Waals surface area contributed by atoms with Crippen molar-refractivity contribution in [3.05, 3.63) is 59.2 Å². The van der Waals surface area contributed by atoms with Crippen LogP contribution in [0.1, 0.15) is 19.4 Å². The molecule has 0 saturated heterocycles. The minimum Gasteiger partial charge on any atom is -0.370 e.